The molecule has 3 nitrogen and oxygen atoms in total. The van der Waals surface area contributed by atoms with Gasteiger partial charge in [0.15, 0.2) is 0 Å². The maximum atomic E-state index is 10.8. The lowest BCUT2D eigenvalue weighted by molar-refractivity contribution is -0.131. The van der Waals surface area contributed by atoms with Crippen molar-refractivity contribution >= 4 is 5.91 Å². The smallest absolute Gasteiger partial charge is 0.243 e. The summed E-state index contributed by atoms with van der Waals surface area (Å²) >= 11 is 0. The minimum Gasteiger partial charge on any atom is -0.277 e. The summed E-state index contributed by atoms with van der Waals surface area (Å²) in [6, 6.07) is 0. The summed E-state index contributed by atoms with van der Waals surface area (Å²) in [7, 11) is 1.44. The van der Waals surface area contributed by atoms with Gasteiger partial charge in [0, 0.05) is 6.42 Å². The number of carbonyl (C=O) groups is 1. The number of hydrogen-bond acceptors (Lipinski definition) is 2. The Balaban J connectivity index is 3.19. The fraction of sp³-hybridized carbons (Fsp3) is 0.667. The second-order valence-electron chi connectivity index (χ2n) is 2.50. The van der Waals surface area contributed by atoms with Gasteiger partial charge in [0.25, 0.3) is 0 Å². The van der Waals surface area contributed by atoms with Gasteiger partial charge < -0.3 is 0 Å². The molecule has 0 spiro atoms. The van der Waals surface area contributed by atoms with Crippen LogP contribution in [0.5, 0.6) is 0 Å². The normalized spacial score (nSPS) is 10.5. The minimum absolute atomic E-state index is 0.0533. The van der Waals surface area contributed by atoms with Crippen LogP contribution in [0.1, 0.15) is 32.6 Å². The Morgan fingerprint density at radius 1 is 1.50 bits per heavy atom. The van der Waals surface area contributed by atoms with Gasteiger partial charge in [0.05, 0.1) is 7.11 Å². The number of carbonyl (C=O) groups excluding carboxylic acids is 1. The van der Waals surface area contributed by atoms with E-state index in [2.05, 4.69) is 29.4 Å². The molecule has 0 aromatic heterocycles. The quantitative estimate of drug-likeness (QED) is 0.376. The van der Waals surface area contributed by atoms with Crippen molar-refractivity contribution in [3.63, 3.8) is 0 Å². The van der Waals surface area contributed by atoms with Crippen molar-refractivity contribution in [2.45, 2.75) is 32.6 Å². The molecule has 70 valence electrons. The maximum absolute atomic E-state index is 10.8. The first-order valence-corrected chi connectivity index (χ1v) is 4.28. The molecular weight excluding hydrogens is 154 g/mol. The van der Waals surface area contributed by atoms with E-state index < -0.39 is 0 Å². The van der Waals surface area contributed by atoms with E-state index in [1.807, 2.05) is 0 Å². The topological polar surface area (TPSA) is 38.3 Å². The average molecular weight is 171 g/mol. The molecule has 0 bridgehead atoms. The molecule has 0 atom stereocenters. The van der Waals surface area contributed by atoms with E-state index in [4.69, 9.17) is 0 Å². The summed E-state index contributed by atoms with van der Waals surface area (Å²) < 4.78 is 0. The van der Waals surface area contributed by atoms with Crippen LogP contribution >= 0.6 is 0 Å². The highest BCUT2D eigenvalue weighted by molar-refractivity contribution is 5.74. The number of nitrogens with one attached hydrogen (secondary N) is 1. The number of unbranched alkanes of at least 4 members (excludes halogenated alkanes) is 1. The Bertz CT molecular complexity index is 143. The second kappa shape index (κ2) is 8.27. The molecule has 0 aromatic carbocycles. The van der Waals surface area contributed by atoms with Crippen molar-refractivity contribution in [2.24, 2.45) is 0 Å². The predicted octanol–water partition coefficient (Wildman–Crippen LogP) is 1.80. The molecule has 0 aliphatic carbocycles. The van der Waals surface area contributed by atoms with Gasteiger partial charge in [-0.05, 0) is 19.3 Å². The summed E-state index contributed by atoms with van der Waals surface area (Å²) in [4.78, 5) is 15.3. The zero-order valence-electron chi connectivity index (χ0n) is 7.80. The van der Waals surface area contributed by atoms with Gasteiger partial charge >= 0.3 is 0 Å². The van der Waals surface area contributed by atoms with Gasteiger partial charge in [-0.2, -0.15) is 0 Å². The first-order chi connectivity index (χ1) is 5.81. The molecule has 0 unspecified atom stereocenters. The van der Waals surface area contributed by atoms with E-state index in [0.29, 0.717) is 6.42 Å². The van der Waals surface area contributed by atoms with Gasteiger partial charge in [-0.1, -0.05) is 19.1 Å². The minimum atomic E-state index is -0.0533. The molecule has 0 aliphatic heterocycles. The zero-order valence-corrected chi connectivity index (χ0v) is 7.80. The Kier molecular flexibility index (Phi) is 7.70. The first kappa shape index (κ1) is 11.2. The monoisotopic (exact) mass is 171 g/mol. The molecule has 12 heavy (non-hydrogen) atoms. The summed E-state index contributed by atoms with van der Waals surface area (Å²) in [5, 5.41) is 0. The Morgan fingerprint density at radius 2 is 2.25 bits per heavy atom. The SMILES string of the molecule is CC/C=C\CCCC(=O)NOC. The lowest BCUT2D eigenvalue weighted by Crippen LogP contribution is -2.21. The number of amides is 1. The van der Waals surface area contributed by atoms with E-state index in [1.165, 1.54) is 7.11 Å². The van der Waals surface area contributed by atoms with Crippen LogP contribution in [0.4, 0.5) is 0 Å². The Hall–Kier alpha value is -0.830. The molecule has 0 aromatic rings. The van der Waals surface area contributed by atoms with E-state index >= 15 is 0 Å². The van der Waals surface area contributed by atoms with Crippen molar-refractivity contribution in [3.05, 3.63) is 12.2 Å². The van der Waals surface area contributed by atoms with E-state index in [-0.39, 0.29) is 5.91 Å². The van der Waals surface area contributed by atoms with Crippen LogP contribution in [0.2, 0.25) is 0 Å². The molecule has 0 saturated heterocycles. The summed E-state index contributed by atoms with van der Waals surface area (Å²) in [5.74, 6) is -0.0533. The van der Waals surface area contributed by atoms with Crippen LogP contribution in [0.15, 0.2) is 12.2 Å². The van der Waals surface area contributed by atoms with Crippen LogP contribution in [-0.2, 0) is 9.63 Å². The van der Waals surface area contributed by atoms with Crippen molar-refractivity contribution in [3.8, 4) is 0 Å². The van der Waals surface area contributed by atoms with E-state index in [0.717, 1.165) is 19.3 Å². The summed E-state index contributed by atoms with van der Waals surface area (Å²) in [6.45, 7) is 2.09. The van der Waals surface area contributed by atoms with Crippen molar-refractivity contribution < 1.29 is 9.63 Å². The Labute approximate surface area is 73.7 Å². The van der Waals surface area contributed by atoms with Crippen LogP contribution < -0.4 is 5.48 Å². The van der Waals surface area contributed by atoms with Crippen LogP contribution in [0.25, 0.3) is 0 Å². The highest BCUT2D eigenvalue weighted by Crippen LogP contribution is 1.97. The third-order valence-electron chi connectivity index (χ3n) is 1.39. The van der Waals surface area contributed by atoms with Gasteiger partial charge in [-0.25, -0.2) is 5.48 Å². The Morgan fingerprint density at radius 3 is 2.83 bits per heavy atom. The van der Waals surface area contributed by atoms with Gasteiger partial charge in [0.1, 0.15) is 0 Å². The predicted molar refractivity (Wildman–Crippen MR) is 48.4 cm³/mol. The summed E-state index contributed by atoms with van der Waals surface area (Å²) in [6.07, 6.45) is 7.64. The van der Waals surface area contributed by atoms with Crippen LogP contribution in [0.3, 0.4) is 0 Å². The second-order valence-corrected chi connectivity index (χ2v) is 2.50. The summed E-state index contributed by atoms with van der Waals surface area (Å²) in [5.41, 5.74) is 2.27. The largest absolute Gasteiger partial charge is 0.277 e. The molecular formula is C9H17NO2. The van der Waals surface area contributed by atoms with Gasteiger partial charge in [-0.15, -0.1) is 0 Å². The number of hydrogen-bond donors (Lipinski definition) is 1. The lowest BCUT2D eigenvalue weighted by atomic mass is 10.2. The number of allylic oxidation sites excluding steroid dienone is 2. The highest BCUT2D eigenvalue weighted by Gasteiger charge is 1.96. The number of hydroxylamine groups is 1. The maximum Gasteiger partial charge on any atom is 0.243 e. The number of rotatable bonds is 6. The zero-order chi connectivity index (χ0) is 9.23. The molecule has 0 fully saturated rings. The van der Waals surface area contributed by atoms with Crippen LogP contribution in [0, 0.1) is 0 Å². The fourth-order valence-corrected chi connectivity index (χ4v) is 0.830. The first-order valence-electron chi connectivity index (χ1n) is 4.28. The van der Waals surface area contributed by atoms with Crippen molar-refractivity contribution in [2.75, 3.05) is 7.11 Å². The lowest BCUT2D eigenvalue weighted by Gasteiger charge is -1.99. The van der Waals surface area contributed by atoms with E-state index in [1.54, 1.807) is 0 Å². The highest BCUT2D eigenvalue weighted by atomic mass is 16.6. The molecule has 1 N–H and O–H groups in total. The molecule has 0 saturated carbocycles. The fourth-order valence-electron chi connectivity index (χ4n) is 0.830. The van der Waals surface area contributed by atoms with Crippen LogP contribution in [-0.4, -0.2) is 13.0 Å². The van der Waals surface area contributed by atoms with Crippen molar-refractivity contribution in [1.82, 2.24) is 5.48 Å². The molecule has 0 rings (SSSR count). The van der Waals surface area contributed by atoms with Gasteiger partial charge in [0.2, 0.25) is 5.91 Å². The third kappa shape index (κ3) is 7.28. The molecule has 0 aliphatic rings. The molecule has 0 heterocycles. The molecule has 0 radical (unpaired) electrons. The third-order valence-corrected chi connectivity index (χ3v) is 1.39. The molecule has 1 amide bonds. The average Bonchev–Trinajstić information content (AvgIpc) is 2.05. The van der Waals surface area contributed by atoms with E-state index in [9.17, 15) is 4.79 Å². The molecule has 3 heteroatoms. The van der Waals surface area contributed by atoms with Gasteiger partial charge in [-0.3, -0.25) is 9.63 Å². The standard InChI is InChI=1S/C9H17NO2/c1-3-4-5-6-7-8-9(11)10-12-2/h4-5H,3,6-8H2,1-2H3,(H,10,11)/b5-4-. The van der Waals surface area contributed by atoms with Crippen molar-refractivity contribution in [1.29, 1.82) is 0 Å².